The Hall–Kier alpha value is -1.64. The average molecular weight is 271 g/mol. The number of aliphatic hydroxyl groups excluding tert-OH is 1. The molecule has 0 fully saturated rings. The molecule has 0 aliphatic carbocycles. The van der Waals surface area contributed by atoms with Crippen LogP contribution in [0.25, 0.3) is 0 Å². The quantitative estimate of drug-likeness (QED) is 0.729. The fraction of sp³-hybridized carbons (Fsp3) is 0.444. The minimum Gasteiger partial charge on any atom is -0.385 e. The van der Waals surface area contributed by atoms with Crippen molar-refractivity contribution in [3.05, 3.63) is 17.7 Å². The van der Waals surface area contributed by atoms with Crippen molar-refractivity contribution in [2.75, 3.05) is 17.6 Å². The molecule has 4 nitrogen and oxygen atoms in total. The Morgan fingerprint density at radius 1 is 1.33 bits per heavy atom. The number of nitrogens with two attached hydrogens (primary N) is 1. The summed E-state index contributed by atoms with van der Waals surface area (Å²) in [6.07, 6.45) is -9.61. The van der Waals surface area contributed by atoms with E-state index >= 15 is 0 Å². The second-order valence-electron chi connectivity index (χ2n) is 3.45. The molecule has 0 aliphatic heterocycles. The van der Waals surface area contributed by atoms with Gasteiger partial charge in [0.05, 0.1) is 5.56 Å². The molecule has 0 amide bonds. The van der Waals surface area contributed by atoms with E-state index in [0.717, 1.165) is 0 Å². The van der Waals surface area contributed by atoms with Crippen molar-refractivity contribution in [3.8, 4) is 0 Å². The SMILES string of the molecule is Nc1cc(C(F)(F)F)cc(NCC(O)C(F)F)n1. The number of halogens is 5. The lowest BCUT2D eigenvalue weighted by Gasteiger charge is -2.13. The second-order valence-corrected chi connectivity index (χ2v) is 3.45. The molecule has 1 aromatic heterocycles. The summed E-state index contributed by atoms with van der Waals surface area (Å²) in [4.78, 5) is 3.49. The van der Waals surface area contributed by atoms with Crippen LogP contribution in [0.2, 0.25) is 0 Å². The number of hydrogen-bond acceptors (Lipinski definition) is 4. The predicted molar refractivity (Wildman–Crippen MR) is 54.2 cm³/mol. The first kappa shape index (κ1) is 14.4. The van der Waals surface area contributed by atoms with Crippen molar-refractivity contribution in [3.63, 3.8) is 0 Å². The molecule has 1 atom stereocenters. The van der Waals surface area contributed by atoms with Crippen LogP contribution in [0.5, 0.6) is 0 Å². The van der Waals surface area contributed by atoms with Gasteiger partial charge in [-0.1, -0.05) is 0 Å². The fourth-order valence-corrected chi connectivity index (χ4v) is 1.10. The first-order valence-corrected chi connectivity index (χ1v) is 4.75. The molecule has 0 spiro atoms. The summed E-state index contributed by atoms with van der Waals surface area (Å²) in [5.74, 6) is -0.735. The average Bonchev–Trinajstić information content (AvgIpc) is 2.23. The van der Waals surface area contributed by atoms with Crippen LogP contribution in [0.1, 0.15) is 5.56 Å². The van der Waals surface area contributed by atoms with Gasteiger partial charge in [0.1, 0.15) is 17.7 Å². The minimum atomic E-state index is -4.62. The number of rotatable bonds is 4. The highest BCUT2D eigenvalue weighted by Gasteiger charge is 2.31. The molecule has 1 aromatic rings. The summed E-state index contributed by atoms with van der Waals surface area (Å²) in [5, 5.41) is 11.0. The molecule has 1 unspecified atom stereocenters. The van der Waals surface area contributed by atoms with Gasteiger partial charge in [-0.05, 0) is 12.1 Å². The highest BCUT2D eigenvalue weighted by Crippen LogP contribution is 2.31. The van der Waals surface area contributed by atoms with Crippen LogP contribution in [-0.4, -0.2) is 29.2 Å². The molecule has 4 N–H and O–H groups in total. The van der Waals surface area contributed by atoms with E-state index in [1.807, 2.05) is 0 Å². The Labute approximate surface area is 98.6 Å². The molecular formula is C9H10F5N3O. The van der Waals surface area contributed by atoms with E-state index in [-0.39, 0.29) is 5.82 Å². The normalized spacial score (nSPS) is 13.7. The lowest BCUT2D eigenvalue weighted by Crippen LogP contribution is -2.27. The van der Waals surface area contributed by atoms with Crippen LogP contribution >= 0.6 is 0 Å². The summed E-state index contributed by atoms with van der Waals surface area (Å²) in [7, 11) is 0. The maximum Gasteiger partial charge on any atom is 0.416 e. The topological polar surface area (TPSA) is 71.2 Å². The van der Waals surface area contributed by atoms with Gasteiger partial charge in [-0.15, -0.1) is 0 Å². The number of aliphatic hydroxyl groups is 1. The maximum atomic E-state index is 12.4. The monoisotopic (exact) mass is 271 g/mol. The van der Waals surface area contributed by atoms with Gasteiger partial charge in [-0.3, -0.25) is 0 Å². The Bertz CT molecular complexity index is 410. The van der Waals surface area contributed by atoms with Gasteiger partial charge in [-0.25, -0.2) is 13.8 Å². The first-order valence-electron chi connectivity index (χ1n) is 4.75. The number of hydrogen-bond donors (Lipinski definition) is 3. The van der Waals surface area contributed by atoms with E-state index in [2.05, 4.69) is 10.3 Å². The van der Waals surface area contributed by atoms with Crippen LogP contribution in [0.15, 0.2) is 12.1 Å². The third kappa shape index (κ3) is 3.99. The number of anilines is 2. The van der Waals surface area contributed by atoms with Crippen LogP contribution in [0, 0.1) is 0 Å². The number of nitrogens with zero attached hydrogens (tertiary/aromatic N) is 1. The third-order valence-corrected chi connectivity index (χ3v) is 1.96. The van der Waals surface area contributed by atoms with Gasteiger partial charge in [0.2, 0.25) is 0 Å². The van der Waals surface area contributed by atoms with Crippen molar-refractivity contribution in [1.29, 1.82) is 0 Å². The highest BCUT2D eigenvalue weighted by molar-refractivity contribution is 5.47. The van der Waals surface area contributed by atoms with E-state index in [4.69, 9.17) is 10.8 Å². The first-order chi connectivity index (χ1) is 8.20. The van der Waals surface area contributed by atoms with Gasteiger partial charge in [-0.2, -0.15) is 13.2 Å². The molecule has 0 radical (unpaired) electrons. The molecule has 1 rings (SSSR count). The van der Waals surface area contributed by atoms with Crippen LogP contribution in [0.3, 0.4) is 0 Å². The standard InChI is InChI=1S/C9H10F5N3O/c10-8(11)5(18)3-16-7-2-4(9(12,13)14)1-6(15)17-7/h1-2,5,8,18H,3H2,(H3,15,16,17). The summed E-state index contributed by atoms with van der Waals surface area (Å²) in [6, 6.07) is 1.24. The lowest BCUT2D eigenvalue weighted by molar-refractivity contribution is -0.137. The van der Waals surface area contributed by atoms with Crippen molar-refractivity contribution >= 4 is 11.6 Å². The highest BCUT2D eigenvalue weighted by atomic mass is 19.4. The van der Waals surface area contributed by atoms with Gasteiger partial charge >= 0.3 is 6.18 Å². The van der Waals surface area contributed by atoms with Gasteiger partial charge in [0.25, 0.3) is 6.43 Å². The zero-order chi connectivity index (χ0) is 13.9. The second kappa shape index (κ2) is 5.34. The molecule has 0 bridgehead atoms. The Kier molecular flexibility index (Phi) is 4.28. The van der Waals surface area contributed by atoms with E-state index < -0.39 is 36.6 Å². The molecule has 18 heavy (non-hydrogen) atoms. The van der Waals surface area contributed by atoms with Gasteiger partial charge in [0, 0.05) is 6.54 Å². The predicted octanol–water partition coefficient (Wildman–Crippen LogP) is 1.72. The summed E-state index contributed by atoms with van der Waals surface area (Å²) < 4.78 is 61.1. The van der Waals surface area contributed by atoms with Gasteiger partial charge < -0.3 is 16.2 Å². The van der Waals surface area contributed by atoms with Crippen molar-refractivity contribution in [1.82, 2.24) is 4.98 Å². The molecule has 9 heteroatoms. The Balaban J connectivity index is 2.81. The van der Waals surface area contributed by atoms with E-state index in [1.54, 1.807) is 0 Å². The van der Waals surface area contributed by atoms with Crippen molar-refractivity contribution in [2.45, 2.75) is 18.7 Å². The van der Waals surface area contributed by atoms with Gasteiger partial charge in [0.15, 0.2) is 0 Å². The molecule has 0 saturated heterocycles. The Morgan fingerprint density at radius 3 is 2.44 bits per heavy atom. The smallest absolute Gasteiger partial charge is 0.385 e. The molecule has 0 saturated carbocycles. The van der Waals surface area contributed by atoms with Crippen LogP contribution < -0.4 is 11.1 Å². The Morgan fingerprint density at radius 2 is 1.94 bits per heavy atom. The molecule has 1 heterocycles. The molecule has 0 aromatic carbocycles. The van der Waals surface area contributed by atoms with E-state index in [0.29, 0.717) is 12.1 Å². The number of alkyl halides is 5. The number of aromatic nitrogens is 1. The zero-order valence-electron chi connectivity index (χ0n) is 8.88. The van der Waals surface area contributed by atoms with E-state index in [1.165, 1.54) is 0 Å². The summed E-state index contributed by atoms with van der Waals surface area (Å²) in [5.41, 5.74) is 4.11. The van der Waals surface area contributed by atoms with E-state index in [9.17, 15) is 22.0 Å². The molecule has 0 aliphatic rings. The molecule has 102 valence electrons. The van der Waals surface area contributed by atoms with Crippen molar-refractivity contribution in [2.24, 2.45) is 0 Å². The number of nitrogen functional groups attached to an aromatic ring is 1. The number of nitrogens with one attached hydrogen (secondary N) is 1. The van der Waals surface area contributed by atoms with Crippen LogP contribution in [0.4, 0.5) is 33.6 Å². The largest absolute Gasteiger partial charge is 0.416 e. The third-order valence-electron chi connectivity index (χ3n) is 1.96. The summed E-state index contributed by atoms with van der Waals surface area (Å²) >= 11 is 0. The number of pyridine rings is 1. The molecular weight excluding hydrogens is 261 g/mol. The van der Waals surface area contributed by atoms with Crippen molar-refractivity contribution < 1.29 is 27.1 Å². The summed E-state index contributed by atoms with van der Waals surface area (Å²) in [6.45, 7) is -0.634. The maximum absolute atomic E-state index is 12.4. The van der Waals surface area contributed by atoms with Crippen LogP contribution in [-0.2, 0) is 6.18 Å². The minimum absolute atomic E-state index is 0.331. The zero-order valence-corrected chi connectivity index (χ0v) is 8.88. The fourth-order valence-electron chi connectivity index (χ4n) is 1.10. The lowest BCUT2D eigenvalue weighted by atomic mass is 10.2.